The number of likely N-dealkylation sites (tertiary alicyclic amines) is 1. The number of imidazole rings is 1. The molecular weight excluding hydrogens is 330 g/mol. The number of urea groups is 1. The molecule has 0 aromatic carbocycles. The molecule has 9 heteroatoms. The SMILES string of the molecule is CS(=O)(=O)NCC[C@H]1CCCCN1C(=O)NCCCn1ccnc1. The van der Waals surface area contributed by atoms with Gasteiger partial charge in [-0.2, -0.15) is 0 Å². The fourth-order valence-corrected chi connectivity index (χ4v) is 3.45. The second-order valence-electron chi connectivity index (χ2n) is 6.18. The van der Waals surface area contributed by atoms with Gasteiger partial charge in [0.15, 0.2) is 0 Å². The average Bonchev–Trinajstić information content (AvgIpc) is 3.04. The van der Waals surface area contributed by atoms with Gasteiger partial charge in [-0.25, -0.2) is 22.9 Å². The van der Waals surface area contributed by atoms with Crippen molar-refractivity contribution in [2.24, 2.45) is 0 Å². The van der Waals surface area contributed by atoms with Crippen molar-refractivity contribution < 1.29 is 13.2 Å². The van der Waals surface area contributed by atoms with E-state index in [-0.39, 0.29) is 12.1 Å². The number of sulfonamides is 1. The zero-order valence-corrected chi connectivity index (χ0v) is 15.0. The van der Waals surface area contributed by atoms with E-state index in [1.54, 1.807) is 12.5 Å². The summed E-state index contributed by atoms with van der Waals surface area (Å²) in [5.74, 6) is 0. The molecule has 2 N–H and O–H groups in total. The third-order valence-electron chi connectivity index (χ3n) is 4.16. The van der Waals surface area contributed by atoms with E-state index in [0.717, 1.165) is 45.0 Å². The second-order valence-corrected chi connectivity index (χ2v) is 8.02. The number of carbonyl (C=O) groups is 1. The maximum atomic E-state index is 12.4. The Morgan fingerprint density at radius 3 is 2.88 bits per heavy atom. The largest absolute Gasteiger partial charge is 0.338 e. The molecule has 1 fully saturated rings. The molecule has 0 bridgehead atoms. The summed E-state index contributed by atoms with van der Waals surface area (Å²) in [5, 5.41) is 2.97. The molecule has 0 unspecified atom stereocenters. The average molecular weight is 357 g/mol. The quantitative estimate of drug-likeness (QED) is 0.672. The highest BCUT2D eigenvalue weighted by Gasteiger charge is 2.26. The van der Waals surface area contributed by atoms with E-state index in [4.69, 9.17) is 0 Å². The molecule has 1 atom stereocenters. The van der Waals surface area contributed by atoms with Gasteiger partial charge in [-0.3, -0.25) is 0 Å². The van der Waals surface area contributed by atoms with Gasteiger partial charge in [0.1, 0.15) is 0 Å². The van der Waals surface area contributed by atoms with E-state index in [0.29, 0.717) is 19.5 Å². The van der Waals surface area contributed by atoms with Crippen molar-refractivity contribution >= 4 is 16.1 Å². The predicted molar refractivity (Wildman–Crippen MR) is 92.1 cm³/mol. The summed E-state index contributed by atoms with van der Waals surface area (Å²) in [6.45, 7) is 2.54. The highest BCUT2D eigenvalue weighted by atomic mass is 32.2. The molecule has 24 heavy (non-hydrogen) atoms. The summed E-state index contributed by atoms with van der Waals surface area (Å²) in [6.07, 6.45) is 11.0. The van der Waals surface area contributed by atoms with Crippen molar-refractivity contribution in [1.29, 1.82) is 0 Å². The van der Waals surface area contributed by atoms with Crippen molar-refractivity contribution in [2.75, 3.05) is 25.9 Å². The van der Waals surface area contributed by atoms with Crippen LogP contribution in [0.15, 0.2) is 18.7 Å². The highest BCUT2D eigenvalue weighted by Crippen LogP contribution is 2.19. The Labute approximate surface area is 143 Å². The number of hydrogen-bond donors (Lipinski definition) is 2. The van der Waals surface area contributed by atoms with Gasteiger partial charge in [-0.15, -0.1) is 0 Å². The van der Waals surface area contributed by atoms with Crippen molar-refractivity contribution in [3.05, 3.63) is 18.7 Å². The van der Waals surface area contributed by atoms with Crippen LogP contribution in [0.2, 0.25) is 0 Å². The van der Waals surface area contributed by atoms with Crippen LogP contribution >= 0.6 is 0 Å². The fraction of sp³-hybridized carbons (Fsp3) is 0.733. The number of nitrogens with zero attached hydrogens (tertiary/aromatic N) is 3. The lowest BCUT2D eigenvalue weighted by Crippen LogP contribution is -2.49. The fourth-order valence-electron chi connectivity index (χ4n) is 2.96. The van der Waals surface area contributed by atoms with Crippen LogP contribution in [0.3, 0.4) is 0 Å². The molecule has 0 saturated carbocycles. The molecule has 8 nitrogen and oxygen atoms in total. The number of aromatic nitrogens is 2. The molecular formula is C15H27N5O3S. The van der Waals surface area contributed by atoms with Gasteiger partial charge in [-0.05, 0) is 32.1 Å². The standard InChI is InChI=1S/C15H27N5O3S/c1-24(22,23)18-8-6-14-5-2-3-11-20(14)15(21)17-7-4-10-19-12-9-16-13-19/h9,12-14,18H,2-8,10-11H2,1H3,(H,17,21)/t14-/m1/s1. The van der Waals surface area contributed by atoms with E-state index >= 15 is 0 Å². The van der Waals surface area contributed by atoms with Crippen molar-refractivity contribution in [3.63, 3.8) is 0 Å². The molecule has 0 aliphatic carbocycles. The first kappa shape index (κ1) is 18.7. The Morgan fingerprint density at radius 1 is 1.33 bits per heavy atom. The van der Waals surface area contributed by atoms with Crippen LogP contribution in [0.5, 0.6) is 0 Å². The lowest BCUT2D eigenvalue weighted by molar-refractivity contribution is 0.147. The lowest BCUT2D eigenvalue weighted by atomic mass is 10.00. The van der Waals surface area contributed by atoms with Crippen LogP contribution in [-0.2, 0) is 16.6 Å². The van der Waals surface area contributed by atoms with Crippen LogP contribution in [-0.4, -0.2) is 60.8 Å². The molecule has 0 spiro atoms. The molecule has 1 aromatic rings. The maximum Gasteiger partial charge on any atom is 0.317 e. The normalized spacial score (nSPS) is 18.5. The first-order valence-corrected chi connectivity index (χ1v) is 10.3. The van der Waals surface area contributed by atoms with Crippen molar-refractivity contribution in [3.8, 4) is 0 Å². The van der Waals surface area contributed by atoms with E-state index in [9.17, 15) is 13.2 Å². The van der Waals surface area contributed by atoms with Gasteiger partial charge in [0.05, 0.1) is 12.6 Å². The molecule has 1 saturated heterocycles. The highest BCUT2D eigenvalue weighted by molar-refractivity contribution is 7.88. The summed E-state index contributed by atoms with van der Waals surface area (Å²) in [6, 6.07) is 0.0475. The number of hydrogen-bond acceptors (Lipinski definition) is 4. The minimum Gasteiger partial charge on any atom is -0.338 e. The molecule has 0 radical (unpaired) electrons. The van der Waals surface area contributed by atoms with E-state index in [2.05, 4.69) is 15.0 Å². The molecule has 2 rings (SSSR count). The molecule has 2 heterocycles. The monoisotopic (exact) mass is 357 g/mol. The van der Waals surface area contributed by atoms with Gasteiger partial charge in [-0.1, -0.05) is 0 Å². The van der Waals surface area contributed by atoms with Gasteiger partial charge >= 0.3 is 6.03 Å². The number of piperidine rings is 1. The summed E-state index contributed by atoms with van der Waals surface area (Å²) < 4.78 is 26.8. The summed E-state index contributed by atoms with van der Waals surface area (Å²) in [4.78, 5) is 18.2. The van der Waals surface area contributed by atoms with E-state index in [1.807, 2.05) is 15.7 Å². The number of aryl methyl sites for hydroxylation is 1. The van der Waals surface area contributed by atoms with Crippen molar-refractivity contribution in [1.82, 2.24) is 24.5 Å². The number of nitrogens with one attached hydrogen (secondary N) is 2. The Morgan fingerprint density at radius 2 is 2.17 bits per heavy atom. The third kappa shape index (κ3) is 6.48. The summed E-state index contributed by atoms with van der Waals surface area (Å²) in [5.41, 5.74) is 0. The third-order valence-corrected chi connectivity index (χ3v) is 4.89. The minimum absolute atomic E-state index is 0.0512. The Hall–Kier alpha value is -1.61. The number of rotatable bonds is 8. The number of amides is 2. The van der Waals surface area contributed by atoms with Gasteiger partial charge in [0, 0.05) is 44.6 Å². The molecule has 2 amide bonds. The van der Waals surface area contributed by atoms with Crippen molar-refractivity contribution in [2.45, 2.75) is 44.7 Å². The zero-order chi connectivity index (χ0) is 17.4. The summed E-state index contributed by atoms with van der Waals surface area (Å²) in [7, 11) is -3.18. The number of carbonyl (C=O) groups excluding carboxylic acids is 1. The topological polar surface area (TPSA) is 96.3 Å². The Balaban J connectivity index is 1.72. The maximum absolute atomic E-state index is 12.4. The van der Waals surface area contributed by atoms with E-state index in [1.165, 1.54) is 0 Å². The van der Waals surface area contributed by atoms with Crippen LogP contribution in [0.25, 0.3) is 0 Å². The van der Waals surface area contributed by atoms with Gasteiger partial charge in [0.2, 0.25) is 10.0 Å². The lowest BCUT2D eigenvalue weighted by Gasteiger charge is -2.35. The molecule has 1 aliphatic rings. The smallest absolute Gasteiger partial charge is 0.317 e. The predicted octanol–water partition coefficient (Wildman–Crippen LogP) is 0.777. The Bertz CT molecular complexity index is 603. The second kappa shape index (κ2) is 9.03. The Kier molecular flexibility index (Phi) is 7.04. The van der Waals surface area contributed by atoms with Crippen LogP contribution in [0.1, 0.15) is 32.1 Å². The van der Waals surface area contributed by atoms with Gasteiger partial charge < -0.3 is 14.8 Å². The molecule has 1 aliphatic heterocycles. The van der Waals surface area contributed by atoms with Crippen LogP contribution in [0.4, 0.5) is 4.79 Å². The minimum atomic E-state index is -3.18. The van der Waals surface area contributed by atoms with Gasteiger partial charge in [0.25, 0.3) is 0 Å². The first-order chi connectivity index (χ1) is 11.5. The molecule has 1 aromatic heterocycles. The van der Waals surface area contributed by atoms with E-state index < -0.39 is 10.0 Å². The zero-order valence-electron chi connectivity index (χ0n) is 14.1. The van der Waals surface area contributed by atoms with Crippen LogP contribution < -0.4 is 10.0 Å². The summed E-state index contributed by atoms with van der Waals surface area (Å²) >= 11 is 0. The first-order valence-electron chi connectivity index (χ1n) is 8.40. The van der Waals surface area contributed by atoms with Crippen LogP contribution in [0, 0.1) is 0 Å². The molecule has 136 valence electrons.